The Bertz CT molecular complexity index is 1590. The van der Waals surface area contributed by atoms with E-state index in [0.29, 0.717) is 25.7 Å². The molecule has 8 rings (SSSR count). The van der Waals surface area contributed by atoms with Crippen LogP contribution in [0.2, 0.25) is 0 Å². The summed E-state index contributed by atoms with van der Waals surface area (Å²) in [4.78, 5) is 2.88. The standard InChI is InChI=1S/C38H50N3O13P/c39-41-40-27-29(44)28(43)26(21-42)48-36(27)49-30-31-33(52-37(50-31)17-9-3-10-18-37)35(34-32(30)51-38(53-34)19-11-4-12-20-38)54-55(45,46-22-24-13-5-1-6-14-24)47-23-25-15-7-2-8-16-25/h1-2,5-8,13-16,26-36,42-44H,3-4,9-12,17-23H2/t26-,27-,28+,29-,30?,31-,32+,33-,34-,35?,36-/m1/s1. The van der Waals surface area contributed by atoms with Crippen molar-refractivity contribution in [3.05, 3.63) is 82.2 Å². The Labute approximate surface area is 319 Å². The maximum atomic E-state index is 15.0. The van der Waals surface area contributed by atoms with Crippen molar-refractivity contribution in [2.24, 2.45) is 5.11 Å². The lowest BCUT2D eigenvalue weighted by atomic mass is 9.84. The van der Waals surface area contributed by atoms with Crippen LogP contribution in [0.15, 0.2) is 65.8 Å². The lowest BCUT2D eigenvalue weighted by molar-refractivity contribution is -0.306. The zero-order valence-corrected chi connectivity index (χ0v) is 31.4. The third-order valence-electron chi connectivity index (χ3n) is 11.6. The van der Waals surface area contributed by atoms with Crippen LogP contribution >= 0.6 is 7.82 Å². The van der Waals surface area contributed by atoms with Gasteiger partial charge in [-0.1, -0.05) is 78.6 Å². The van der Waals surface area contributed by atoms with Crippen molar-refractivity contribution in [3.8, 4) is 0 Å². The van der Waals surface area contributed by atoms with Crippen LogP contribution in [0.5, 0.6) is 0 Å². The lowest BCUT2D eigenvalue weighted by Crippen LogP contribution is -2.65. The summed E-state index contributed by atoms with van der Waals surface area (Å²) in [5.74, 6) is -2.03. The molecule has 300 valence electrons. The largest absolute Gasteiger partial charge is 0.475 e. The number of aliphatic hydroxyl groups excluding tert-OH is 3. The molecule has 0 amide bonds. The summed E-state index contributed by atoms with van der Waals surface area (Å²) in [6, 6.07) is 17.2. The summed E-state index contributed by atoms with van der Waals surface area (Å²) in [6.45, 7) is -0.751. The van der Waals surface area contributed by atoms with Crippen LogP contribution in [0.3, 0.4) is 0 Å². The van der Waals surface area contributed by atoms with E-state index in [-0.39, 0.29) is 13.2 Å². The van der Waals surface area contributed by atoms with Crippen LogP contribution in [-0.4, -0.2) is 101 Å². The van der Waals surface area contributed by atoms with E-state index >= 15 is 0 Å². The van der Waals surface area contributed by atoms with Crippen LogP contribution in [-0.2, 0) is 59.8 Å². The maximum absolute atomic E-state index is 15.0. The van der Waals surface area contributed by atoms with Gasteiger partial charge < -0.3 is 43.7 Å². The molecule has 0 radical (unpaired) electrons. The van der Waals surface area contributed by atoms with Gasteiger partial charge in [-0.25, -0.2) is 4.57 Å². The van der Waals surface area contributed by atoms with Gasteiger partial charge in [0.05, 0.1) is 25.9 Å². The van der Waals surface area contributed by atoms with Crippen LogP contribution in [0.4, 0.5) is 0 Å². The molecule has 3 N–H and O–H groups in total. The fourth-order valence-corrected chi connectivity index (χ4v) is 10.2. The lowest BCUT2D eigenvalue weighted by Gasteiger charge is -2.46. The Balaban J connectivity index is 1.16. The van der Waals surface area contributed by atoms with E-state index < -0.39 is 93.3 Å². The predicted molar refractivity (Wildman–Crippen MR) is 192 cm³/mol. The number of aliphatic hydroxyl groups is 3. The van der Waals surface area contributed by atoms with Gasteiger partial charge in [-0.15, -0.1) is 0 Å². The number of hydrogen-bond acceptors (Lipinski definition) is 14. The second kappa shape index (κ2) is 16.8. The topological polar surface area (TPSA) is 210 Å². The number of azide groups is 1. The molecule has 2 aromatic carbocycles. The minimum Gasteiger partial charge on any atom is -0.394 e. The second-order valence-corrected chi connectivity index (χ2v) is 16.9. The Morgan fingerprint density at radius 3 is 1.65 bits per heavy atom. The van der Waals surface area contributed by atoms with E-state index in [9.17, 15) is 25.4 Å². The summed E-state index contributed by atoms with van der Waals surface area (Å²) in [5, 5.41) is 35.4. The molecule has 16 nitrogen and oxygen atoms in total. The first-order valence-corrected chi connectivity index (χ1v) is 20.9. The van der Waals surface area contributed by atoms with Crippen molar-refractivity contribution in [3.63, 3.8) is 0 Å². The molecule has 55 heavy (non-hydrogen) atoms. The first kappa shape index (κ1) is 39.3. The number of hydrogen-bond donors (Lipinski definition) is 3. The molecule has 3 aliphatic heterocycles. The fourth-order valence-electron chi connectivity index (χ4n) is 8.85. The number of phosphoric ester groups is 1. The molecule has 2 aromatic rings. The number of benzene rings is 2. The molecule has 2 spiro atoms. The van der Waals surface area contributed by atoms with Crippen molar-refractivity contribution in [1.29, 1.82) is 0 Å². The summed E-state index contributed by atoms with van der Waals surface area (Å²) in [5.41, 5.74) is 11.0. The molecule has 3 saturated heterocycles. The second-order valence-electron chi connectivity index (χ2n) is 15.3. The van der Waals surface area contributed by atoms with Gasteiger partial charge in [0.2, 0.25) is 0 Å². The summed E-state index contributed by atoms with van der Waals surface area (Å²) >= 11 is 0. The smallest absolute Gasteiger partial charge is 0.394 e. The molecule has 2 unspecified atom stereocenters. The van der Waals surface area contributed by atoms with Gasteiger partial charge in [0.25, 0.3) is 0 Å². The molecule has 0 aromatic heterocycles. The average molecular weight is 788 g/mol. The van der Waals surface area contributed by atoms with Gasteiger partial charge in [-0.3, -0.25) is 13.6 Å². The third-order valence-corrected chi connectivity index (χ3v) is 13.0. The highest BCUT2D eigenvalue weighted by Gasteiger charge is 2.68. The Morgan fingerprint density at radius 1 is 0.727 bits per heavy atom. The van der Waals surface area contributed by atoms with Crippen LogP contribution < -0.4 is 0 Å². The molecule has 11 atom stereocenters. The molecule has 3 aliphatic carbocycles. The Hall–Kier alpha value is -2.50. The highest BCUT2D eigenvalue weighted by Crippen LogP contribution is 2.58. The summed E-state index contributed by atoms with van der Waals surface area (Å²) < 4.78 is 73.9. The number of rotatable bonds is 12. The fraction of sp³-hybridized carbons (Fsp3) is 0.684. The van der Waals surface area contributed by atoms with Crippen molar-refractivity contribution >= 4 is 7.82 Å². The molecular weight excluding hydrogens is 737 g/mol. The molecule has 6 fully saturated rings. The minimum atomic E-state index is -4.40. The molecule has 3 saturated carbocycles. The molecular formula is C38H50N3O13P. The van der Waals surface area contributed by atoms with E-state index in [1.165, 1.54) is 0 Å². The average Bonchev–Trinajstić information content (AvgIpc) is 3.76. The first-order valence-electron chi connectivity index (χ1n) is 19.4. The van der Waals surface area contributed by atoms with Crippen molar-refractivity contribution in [2.75, 3.05) is 6.61 Å². The highest BCUT2D eigenvalue weighted by atomic mass is 31.2. The van der Waals surface area contributed by atoms with Gasteiger partial charge in [0.1, 0.15) is 54.9 Å². The maximum Gasteiger partial charge on any atom is 0.475 e. The van der Waals surface area contributed by atoms with E-state index in [2.05, 4.69) is 10.0 Å². The highest BCUT2D eigenvalue weighted by molar-refractivity contribution is 7.48. The van der Waals surface area contributed by atoms with Crippen molar-refractivity contribution in [2.45, 2.75) is 156 Å². The summed E-state index contributed by atoms with van der Waals surface area (Å²) in [6.07, 6.45) is -3.86. The van der Waals surface area contributed by atoms with Crippen LogP contribution in [0, 0.1) is 0 Å². The van der Waals surface area contributed by atoms with Crippen LogP contribution in [0.25, 0.3) is 10.4 Å². The zero-order chi connectivity index (χ0) is 38.0. The number of fused-ring (bicyclic) bond motifs is 2. The van der Waals surface area contributed by atoms with Crippen molar-refractivity contribution in [1.82, 2.24) is 0 Å². The quantitative estimate of drug-likeness (QED) is 0.108. The van der Waals surface area contributed by atoms with E-state index in [1.807, 2.05) is 60.7 Å². The summed E-state index contributed by atoms with van der Waals surface area (Å²) in [7, 11) is -4.40. The molecule has 3 heterocycles. The molecule has 0 bridgehead atoms. The van der Waals surface area contributed by atoms with Gasteiger partial charge in [0, 0.05) is 30.6 Å². The predicted octanol–water partition coefficient (Wildman–Crippen LogP) is 5.32. The van der Waals surface area contributed by atoms with Gasteiger partial charge in [-0.05, 0) is 42.3 Å². The normalized spacial score (nSPS) is 36.6. The van der Waals surface area contributed by atoms with Crippen LogP contribution in [0.1, 0.15) is 75.3 Å². The Morgan fingerprint density at radius 2 is 1.20 bits per heavy atom. The number of nitrogens with zero attached hydrogens (tertiary/aromatic N) is 3. The van der Waals surface area contributed by atoms with E-state index in [0.717, 1.165) is 49.7 Å². The SMILES string of the molecule is [N-]=[N+]=N[C@H]1[C@@H](OC2[C@H]3OC4(CCCCC4)O[C@H]3C(OP(=O)(OCc3ccccc3)OCc3ccccc3)[C@@H]3OC4(CCCCC4)O[C@@H]23)O[C@H](CO)[C@H](O)[C@@H]1O. The molecule has 17 heteroatoms. The van der Waals surface area contributed by atoms with Gasteiger partial charge in [0.15, 0.2) is 17.9 Å². The zero-order valence-electron chi connectivity index (χ0n) is 30.5. The number of phosphoric acid groups is 1. The number of ether oxygens (including phenoxy) is 6. The third kappa shape index (κ3) is 8.27. The van der Waals surface area contributed by atoms with E-state index in [1.54, 1.807) is 0 Å². The monoisotopic (exact) mass is 787 g/mol. The van der Waals surface area contributed by atoms with Gasteiger partial charge >= 0.3 is 7.82 Å². The molecule has 6 aliphatic rings. The van der Waals surface area contributed by atoms with Crippen molar-refractivity contribution < 1.29 is 61.9 Å². The minimum absolute atomic E-state index is 0.0594. The van der Waals surface area contributed by atoms with Gasteiger partial charge in [-0.2, -0.15) is 0 Å². The first-order chi connectivity index (χ1) is 26.7. The Kier molecular flexibility index (Phi) is 12.0. The van der Waals surface area contributed by atoms with E-state index in [4.69, 9.17) is 42.0 Å².